The third-order valence-electron chi connectivity index (χ3n) is 12.5. The summed E-state index contributed by atoms with van der Waals surface area (Å²) < 4.78 is 30.2. The molecule has 68 heavy (non-hydrogen) atoms. The fourth-order valence-electron chi connectivity index (χ4n) is 8.12. The lowest BCUT2D eigenvalue weighted by Crippen LogP contribution is -2.47. The van der Waals surface area contributed by atoms with Crippen molar-refractivity contribution >= 4 is 19.7 Å². The number of phosphoric acid groups is 1. The number of carbonyl (C=O) groups is 2. The Morgan fingerprint density at radius 2 is 0.941 bits per heavy atom. The van der Waals surface area contributed by atoms with Crippen LogP contribution in [0.3, 0.4) is 0 Å². The standard InChI is InChI=1S/C58H109N2O7P/c1-7-10-13-16-19-22-25-27-29-31-32-35-38-41-44-47-50-57(61)59-55(54-66-68(63,64)65-53-52-60(4,5)6)56(49-46-43-40-37-34-24-21-18-15-12-9-3)67-58(62)51-48-45-42-39-36-33-30-28-26-23-20-17-14-11-8-2/h10,13,19,22,27,29,46,49,55-56H,7-9,11-12,14-18,20-21,23-26,28,30-45,47-48,50-54H2,1-6H3,(H-,59,61,63,64)/b13-10+,22-19+,29-27+,49-46+. The Kier molecular flexibility index (Phi) is 47.1. The van der Waals surface area contributed by atoms with Gasteiger partial charge in [-0.3, -0.25) is 14.2 Å². The van der Waals surface area contributed by atoms with Gasteiger partial charge in [-0.25, -0.2) is 0 Å². The summed E-state index contributed by atoms with van der Waals surface area (Å²) in [6.45, 7) is 6.72. The number of amides is 1. The summed E-state index contributed by atoms with van der Waals surface area (Å²) in [5, 5.41) is 3.01. The molecule has 0 aliphatic rings. The molecule has 0 saturated carbocycles. The van der Waals surface area contributed by atoms with Gasteiger partial charge in [0.15, 0.2) is 0 Å². The van der Waals surface area contributed by atoms with E-state index in [0.717, 1.165) is 103 Å². The number of quaternary nitrogens is 1. The SMILES string of the molecule is CC/C=C/C/C=C/C/C=C/CCCCCCCCC(=O)NC(COP(=O)([O-])OCC[N+](C)(C)C)C(/C=C/CCCCCCCCCCC)OC(=O)CCCCCCCCCCCCCCCCC. The van der Waals surface area contributed by atoms with Crippen molar-refractivity contribution < 1.29 is 37.3 Å². The molecule has 0 saturated heterocycles. The Hall–Kier alpha value is -2.03. The summed E-state index contributed by atoms with van der Waals surface area (Å²) in [5.74, 6) is -0.550. The zero-order chi connectivity index (χ0) is 50.1. The van der Waals surface area contributed by atoms with Crippen LogP contribution in [-0.4, -0.2) is 69.4 Å². The number of hydrogen-bond donors (Lipinski definition) is 1. The van der Waals surface area contributed by atoms with Crippen LogP contribution in [0.1, 0.15) is 258 Å². The average molecular weight is 977 g/mol. The van der Waals surface area contributed by atoms with Crippen LogP contribution in [0.25, 0.3) is 0 Å². The first kappa shape index (κ1) is 66.0. The van der Waals surface area contributed by atoms with Crippen LogP contribution in [0.4, 0.5) is 0 Å². The topological polar surface area (TPSA) is 114 Å². The first-order chi connectivity index (χ1) is 32.9. The predicted octanol–water partition coefficient (Wildman–Crippen LogP) is 16.3. The van der Waals surface area contributed by atoms with Crippen molar-refractivity contribution in [3.05, 3.63) is 48.6 Å². The second-order valence-corrected chi connectivity index (χ2v) is 21.8. The summed E-state index contributed by atoms with van der Waals surface area (Å²) in [6.07, 6.45) is 57.8. The molecule has 1 N–H and O–H groups in total. The van der Waals surface area contributed by atoms with E-state index in [-0.39, 0.29) is 24.9 Å². The second-order valence-electron chi connectivity index (χ2n) is 20.4. The Bertz CT molecular complexity index is 1310. The smallest absolute Gasteiger partial charge is 0.306 e. The summed E-state index contributed by atoms with van der Waals surface area (Å²) in [6, 6.07) is -0.891. The van der Waals surface area contributed by atoms with E-state index in [9.17, 15) is 19.0 Å². The quantitative estimate of drug-likeness (QED) is 0.0212. The lowest BCUT2D eigenvalue weighted by atomic mass is 10.0. The van der Waals surface area contributed by atoms with Crippen LogP contribution < -0.4 is 10.2 Å². The number of esters is 1. The van der Waals surface area contributed by atoms with E-state index in [0.29, 0.717) is 17.4 Å². The Labute approximate surface area is 420 Å². The van der Waals surface area contributed by atoms with Crippen LogP contribution in [0, 0.1) is 0 Å². The van der Waals surface area contributed by atoms with Gasteiger partial charge in [-0.15, -0.1) is 0 Å². The Balaban J connectivity index is 5.33. The summed E-state index contributed by atoms with van der Waals surface area (Å²) >= 11 is 0. The summed E-state index contributed by atoms with van der Waals surface area (Å²) in [4.78, 5) is 39.8. The van der Waals surface area contributed by atoms with Gasteiger partial charge in [-0.2, -0.15) is 0 Å². The Morgan fingerprint density at radius 3 is 1.41 bits per heavy atom. The van der Waals surface area contributed by atoms with Gasteiger partial charge in [0.2, 0.25) is 5.91 Å². The fraction of sp³-hybridized carbons (Fsp3) is 0.828. The molecule has 1 amide bonds. The minimum atomic E-state index is -4.69. The van der Waals surface area contributed by atoms with Crippen molar-refractivity contribution in [2.45, 2.75) is 270 Å². The number of ether oxygens (including phenoxy) is 1. The minimum Gasteiger partial charge on any atom is -0.756 e. The van der Waals surface area contributed by atoms with Crippen molar-refractivity contribution in [1.82, 2.24) is 5.32 Å². The number of phosphoric ester groups is 1. The van der Waals surface area contributed by atoms with Gasteiger partial charge in [0.05, 0.1) is 33.8 Å². The fourth-order valence-corrected chi connectivity index (χ4v) is 8.85. The van der Waals surface area contributed by atoms with E-state index in [1.54, 1.807) is 0 Å². The van der Waals surface area contributed by atoms with Gasteiger partial charge in [0, 0.05) is 12.8 Å². The monoisotopic (exact) mass is 977 g/mol. The van der Waals surface area contributed by atoms with E-state index in [1.165, 1.54) is 122 Å². The lowest BCUT2D eigenvalue weighted by Gasteiger charge is -2.30. The van der Waals surface area contributed by atoms with Gasteiger partial charge >= 0.3 is 5.97 Å². The third kappa shape index (κ3) is 49.0. The molecule has 0 aliphatic carbocycles. The first-order valence-corrected chi connectivity index (χ1v) is 29.9. The number of rotatable bonds is 51. The molecule has 3 atom stereocenters. The lowest BCUT2D eigenvalue weighted by molar-refractivity contribution is -0.870. The predicted molar refractivity (Wildman–Crippen MR) is 289 cm³/mol. The van der Waals surface area contributed by atoms with E-state index in [2.05, 4.69) is 62.5 Å². The van der Waals surface area contributed by atoms with Crippen LogP contribution in [0.2, 0.25) is 0 Å². The highest BCUT2D eigenvalue weighted by Gasteiger charge is 2.27. The normalized spacial score (nSPS) is 14.2. The molecule has 10 heteroatoms. The molecule has 0 fully saturated rings. The van der Waals surface area contributed by atoms with Crippen LogP contribution in [0.15, 0.2) is 48.6 Å². The number of unbranched alkanes of at least 4 members (excludes halogenated alkanes) is 29. The zero-order valence-corrected chi connectivity index (χ0v) is 46.2. The van der Waals surface area contributed by atoms with Crippen molar-refractivity contribution in [1.29, 1.82) is 0 Å². The van der Waals surface area contributed by atoms with Crippen molar-refractivity contribution in [3.8, 4) is 0 Å². The van der Waals surface area contributed by atoms with E-state index in [4.69, 9.17) is 13.8 Å². The number of carbonyl (C=O) groups excluding carboxylic acids is 2. The number of likely N-dealkylation sites (N-methyl/N-ethyl adjacent to an activating group) is 1. The van der Waals surface area contributed by atoms with Crippen molar-refractivity contribution in [2.75, 3.05) is 40.9 Å². The van der Waals surface area contributed by atoms with Crippen molar-refractivity contribution in [3.63, 3.8) is 0 Å². The molecule has 0 aromatic carbocycles. The minimum absolute atomic E-state index is 0.0245. The van der Waals surface area contributed by atoms with Gasteiger partial charge in [-0.05, 0) is 63.9 Å². The van der Waals surface area contributed by atoms with Gasteiger partial charge < -0.3 is 28.5 Å². The second kappa shape index (κ2) is 48.6. The zero-order valence-electron chi connectivity index (χ0n) is 45.3. The first-order valence-electron chi connectivity index (χ1n) is 28.4. The highest BCUT2D eigenvalue weighted by Crippen LogP contribution is 2.38. The van der Waals surface area contributed by atoms with Crippen LogP contribution in [-0.2, 0) is 27.9 Å². The van der Waals surface area contributed by atoms with Gasteiger partial charge in [-0.1, -0.05) is 230 Å². The van der Waals surface area contributed by atoms with Crippen LogP contribution >= 0.6 is 7.82 Å². The van der Waals surface area contributed by atoms with E-state index >= 15 is 0 Å². The molecule has 9 nitrogen and oxygen atoms in total. The molecule has 0 bridgehead atoms. The molecule has 398 valence electrons. The average Bonchev–Trinajstić information content (AvgIpc) is 3.29. The maximum absolute atomic E-state index is 13.5. The molecule has 0 aliphatic heterocycles. The number of allylic oxidation sites excluding steroid dienone is 7. The van der Waals surface area contributed by atoms with Crippen molar-refractivity contribution in [2.24, 2.45) is 0 Å². The molecule has 0 aromatic heterocycles. The highest BCUT2D eigenvalue weighted by molar-refractivity contribution is 7.45. The van der Waals surface area contributed by atoms with E-state index in [1.807, 2.05) is 33.3 Å². The number of hydrogen-bond acceptors (Lipinski definition) is 7. The van der Waals surface area contributed by atoms with E-state index < -0.39 is 26.6 Å². The number of nitrogens with one attached hydrogen (secondary N) is 1. The molecule has 0 spiro atoms. The van der Waals surface area contributed by atoms with Gasteiger partial charge in [0.1, 0.15) is 19.3 Å². The summed E-state index contributed by atoms with van der Waals surface area (Å²) in [5.41, 5.74) is 0. The third-order valence-corrected chi connectivity index (χ3v) is 13.5. The van der Waals surface area contributed by atoms with Gasteiger partial charge in [0.25, 0.3) is 7.82 Å². The number of nitrogens with zero attached hydrogens (tertiary/aromatic N) is 1. The molecule has 0 radical (unpaired) electrons. The molecule has 0 rings (SSSR count). The molecule has 3 unspecified atom stereocenters. The molecular weight excluding hydrogens is 868 g/mol. The highest BCUT2D eigenvalue weighted by atomic mass is 31.2. The molecule has 0 aromatic rings. The maximum atomic E-state index is 13.5. The Morgan fingerprint density at radius 1 is 0.529 bits per heavy atom. The molecule has 0 heterocycles. The maximum Gasteiger partial charge on any atom is 0.306 e. The largest absolute Gasteiger partial charge is 0.756 e. The van der Waals surface area contributed by atoms with Crippen LogP contribution in [0.5, 0.6) is 0 Å². The molecular formula is C58H109N2O7P. The summed E-state index contributed by atoms with van der Waals surface area (Å²) in [7, 11) is 1.18.